The van der Waals surface area contributed by atoms with Crippen molar-refractivity contribution < 1.29 is 44.1 Å². The molecule has 0 aliphatic carbocycles. The first-order chi connectivity index (χ1) is 37.1. The summed E-state index contributed by atoms with van der Waals surface area (Å²) in [6.45, 7) is 29.4. The second-order valence-corrected chi connectivity index (χ2v) is 22.2. The summed E-state index contributed by atoms with van der Waals surface area (Å²) in [5.41, 5.74) is 0. The van der Waals surface area contributed by atoms with Crippen LogP contribution < -0.4 is 5.32 Å². The van der Waals surface area contributed by atoms with Gasteiger partial charge >= 0.3 is 0 Å². The highest BCUT2D eigenvalue weighted by Crippen LogP contribution is 2.11. The van der Waals surface area contributed by atoms with E-state index in [0.29, 0.717) is 6.29 Å². The number of amides is 4. The SMILES string of the molecule is C=CC(=O)N1CCN(C)CC1.CC(=O)N1CCN(C)CC1.CN1CCCC1.CN1CCCCC1.CN1CCCCC1.CN1CCCCC1.CN1CCN(C)CC1.CNC(C=O)[C@@H](O)[C@H](O)[C@H](C)CO.CON1C(=O)CCC1=O. The van der Waals surface area contributed by atoms with Crippen molar-refractivity contribution in [2.24, 2.45) is 5.92 Å². The first-order valence-electron chi connectivity index (χ1n) is 29.3. The van der Waals surface area contributed by atoms with Gasteiger partial charge in [-0.05, 0) is 173 Å². The topological polar surface area (TPSA) is 203 Å². The van der Waals surface area contributed by atoms with E-state index in [1.54, 1.807) is 13.8 Å². The van der Waals surface area contributed by atoms with Crippen molar-refractivity contribution in [2.45, 2.75) is 116 Å². The minimum Gasteiger partial charge on any atom is -0.396 e. The molecule has 0 aromatic rings. The third-order valence-electron chi connectivity index (χ3n) is 15.0. The second-order valence-electron chi connectivity index (χ2n) is 22.2. The normalized spacial score (nSPS) is 22.6. The molecule has 8 rings (SSSR count). The van der Waals surface area contributed by atoms with E-state index in [-0.39, 0.29) is 43.1 Å². The molecule has 21 nitrogen and oxygen atoms in total. The molecular weight excluding hydrogens is 997 g/mol. The Kier molecular flexibility index (Phi) is 44.8. The average molecular weight is 1110 g/mol. The highest BCUT2D eigenvalue weighted by atomic mass is 16.7. The first kappa shape index (κ1) is 75.0. The highest BCUT2D eigenvalue weighted by molar-refractivity contribution is 6.00. The predicted molar refractivity (Wildman–Crippen MR) is 315 cm³/mol. The van der Waals surface area contributed by atoms with Gasteiger partial charge in [0.05, 0.1) is 19.3 Å². The molecule has 8 aliphatic rings. The Morgan fingerprint density at radius 2 is 0.808 bits per heavy atom. The van der Waals surface area contributed by atoms with Crippen molar-refractivity contribution in [2.75, 3.05) is 208 Å². The molecule has 21 heteroatoms. The molecule has 0 aromatic heterocycles. The van der Waals surface area contributed by atoms with Crippen LogP contribution in [0.25, 0.3) is 0 Å². The van der Waals surface area contributed by atoms with Gasteiger partial charge in [0.25, 0.3) is 11.8 Å². The maximum atomic E-state index is 11.1. The summed E-state index contributed by atoms with van der Waals surface area (Å²) in [6, 6.07) is -0.802. The molecule has 78 heavy (non-hydrogen) atoms. The van der Waals surface area contributed by atoms with Crippen molar-refractivity contribution in [3.63, 3.8) is 0 Å². The van der Waals surface area contributed by atoms with E-state index >= 15 is 0 Å². The number of imide groups is 1. The van der Waals surface area contributed by atoms with Crippen LogP contribution in [0.3, 0.4) is 0 Å². The van der Waals surface area contributed by atoms with Gasteiger partial charge in [-0.15, -0.1) is 0 Å². The smallest absolute Gasteiger partial charge is 0.253 e. The molecule has 8 fully saturated rings. The molecule has 1 unspecified atom stereocenters. The van der Waals surface area contributed by atoms with Crippen LogP contribution in [0.2, 0.25) is 0 Å². The Balaban J connectivity index is 0.000000862. The summed E-state index contributed by atoms with van der Waals surface area (Å²) in [4.78, 5) is 80.4. The van der Waals surface area contributed by atoms with Gasteiger partial charge in [0.15, 0.2) is 0 Å². The zero-order valence-electron chi connectivity index (χ0n) is 51.4. The lowest BCUT2D eigenvalue weighted by molar-refractivity contribution is -0.179. The predicted octanol–water partition coefficient (Wildman–Crippen LogP) is 1.43. The highest BCUT2D eigenvalue weighted by Gasteiger charge is 2.29. The number of nitrogens with one attached hydrogen (secondary N) is 1. The van der Waals surface area contributed by atoms with E-state index in [4.69, 9.17) is 5.11 Å². The van der Waals surface area contributed by atoms with Crippen molar-refractivity contribution >= 4 is 29.9 Å². The minimum absolute atomic E-state index is 0.0538. The molecular formula is C57H116N12O9. The Hall–Kier alpha value is -3.03. The number of aliphatic hydroxyl groups excluding tert-OH is 3. The molecule has 0 radical (unpaired) electrons. The molecule has 8 aliphatic heterocycles. The number of aldehydes is 1. The molecule has 4 N–H and O–H groups in total. The zero-order chi connectivity index (χ0) is 58.8. The van der Waals surface area contributed by atoms with Crippen LogP contribution in [0.4, 0.5) is 0 Å². The van der Waals surface area contributed by atoms with E-state index in [2.05, 4.69) is 112 Å². The molecule has 8 heterocycles. The number of carbonyl (C=O) groups excluding carboxylic acids is 5. The maximum absolute atomic E-state index is 11.1. The summed E-state index contributed by atoms with van der Waals surface area (Å²) < 4.78 is 0. The number of hydrogen-bond donors (Lipinski definition) is 4. The number of rotatable bonds is 8. The van der Waals surface area contributed by atoms with Gasteiger partial charge in [0.1, 0.15) is 12.4 Å². The lowest BCUT2D eigenvalue weighted by atomic mass is 9.96. The third-order valence-corrected chi connectivity index (χ3v) is 15.0. The van der Waals surface area contributed by atoms with E-state index in [9.17, 15) is 34.2 Å². The Morgan fingerprint density at radius 3 is 1.01 bits per heavy atom. The third kappa shape index (κ3) is 37.1. The molecule has 4 amide bonds. The Morgan fingerprint density at radius 1 is 0.526 bits per heavy atom. The monoisotopic (exact) mass is 1110 g/mol. The number of hydrogen-bond acceptors (Lipinski definition) is 18. The quantitative estimate of drug-likeness (QED) is 0.154. The fourth-order valence-corrected chi connectivity index (χ4v) is 8.95. The number of hydroxylamine groups is 2. The van der Waals surface area contributed by atoms with Gasteiger partial charge in [0.2, 0.25) is 11.8 Å². The fraction of sp³-hybridized carbons (Fsp3) is 0.877. The maximum Gasteiger partial charge on any atom is 0.253 e. The molecule has 0 spiro atoms. The van der Waals surface area contributed by atoms with E-state index in [1.165, 1.54) is 169 Å². The number of aliphatic hydroxyl groups is 3. The van der Waals surface area contributed by atoms with Crippen LogP contribution in [-0.2, 0) is 28.8 Å². The minimum atomic E-state index is -1.19. The summed E-state index contributed by atoms with van der Waals surface area (Å²) in [7, 11) is 20.1. The number of carbonyl (C=O) groups is 5. The van der Waals surface area contributed by atoms with Gasteiger partial charge in [0, 0.05) is 111 Å². The lowest BCUT2D eigenvalue weighted by Crippen LogP contribution is -2.48. The van der Waals surface area contributed by atoms with Crippen molar-refractivity contribution in [1.82, 2.24) is 59.4 Å². The first-order valence-corrected chi connectivity index (χ1v) is 29.3. The van der Waals surface area contributed by atoms with Crippen LogP contribution >= 0.6 is 0 Å². The van der Waals surface area contributed by atoms with Gasteiger partial charge in [-0.3, -0.25) is 24.0 Å². The summed E-state index contributed by atoms with van der Waals surface area (Å²) in [5.74, 6) is -0.693. The van der Waals surface area contributed by atoms with Crippen LogP contribution in [0.5, 0.6) is 0 Å². The zero-order valence-corrected chi connectivity index (χ0v) is 51.4. The number of piperazine rings is 3. The van der Waals surface area contributed by atoms with Gasteiger partial charge in [-0.2, -0.15) is 5.06 Å². The van der Waals surface area contributed by atoms with Crippen LogP contribution in [-0.4, -0.2) is 326 Å². The molecule has 0 bridgehead atoms. The van der Waals surface area contributed by atoms with Gasteiger partial charge in [-0.25, -0.2) is 0 Å². The van der Waals surface area contributed by atoms with Crippen LogP contribution in [0, 0.1) is 5.92 Å². The second kappa shape index (κ2) is 46.6. The van der Waals surface area contributed by atoms with E-state index < -0.39 is 24.2 Å². The van der Waals surface area contributed by atoms with Crippen molar-refractivity contribution in [3.05, 3.63) is 12.7 Å². The number of piperidine rings is 3. The van der Waals surface area contributed by atoms with E-state index in [1.807, 2.05) is 9.80 Å². The molecule has 0 saturated carbocycles. The van der Waals surface area contributed by atoms with Gasteiger partial charge < -0.3 is 74.4 Å². The average Bonchev–Trinajstić information content (AvgIpc) is 4.07. The van der Waals surface area contributed by atoms with E-state index in [0.717, 1.165) is 57.4 Å². The number of likely N-dealkylation sites (tertiary alicyclic amines) is 4. The Bertz CT molecular complexity index is 1460. The summed E-state index contributed by atoms with van der Waals surface area (Å²) in [5, 5.41) is 30.9. The molecule has 458 valence electrons. The fourth-order valence-electron chi connectivity index (χ4n) is 8.95. The van der Waals surface area contributed by atoms with Crippen LogP contribution in [0.15, 0.2) is 12.7 Å². The standard InChI is InChI=1S/C8H14N2O.C8H17NO4.C7H14N2O.C6H14N2.3C6H13N.C5H7NO3.C5H11N/c1-3-8(11)10-6-4-9(2)5-7-10;1-5(3-10)7(12)8(13)6(4-11)9-2;1-7(10)9-5-3-8(2)4-6-9;1-7-3-5-8(2)6-4-7;3*1-7-5-3-2-4-6-7;1-9-6-4(7)2-3-5(6)8;1-6-4-2-3-5-6/h3H,1,4-7H2,2H3;4-10,12-13H,3H2,1-2H3;3-6H2,1-2H3;3-6H2,1-2H3;3*2-6H2,1H3;2-3H2,1H3;2-5H2,1H3/t;5-,6?,7-,8-;;;;;;;/m.1......./s1. The molecule has 0 aromatic carbocycles. The van der Waals surface area contributed by atoms with Crippen molar-refractivity contribution in [1.29, 1.82) is 0 Å². The number of nitrogens with zero attached hydrogens (tertiary/aromatic N) is 11. The summed E-state index contributed by atoms with van der Waals surface area (Å²) >= 11 is 0. The van der Waals surface area contributed by atoms with Crippen LogP contribution in [0.1, 0.15) is 97.3 Å². The summed E-state index contributed by atoms with van der Waals surface area (Å²) in [6.07, 6.45) is 15.8. The Labute approximate surface area is 474 Å². The molecule has 8 saturated heterocycles. The largest absolute Gasteiger partial charge is 0.396 e. The lowest BCUT2D eigenvalue weighted by Gasteiger charge is -2.31. The van der Waals surface area contributed by atoms with Gasteiger partial charge in [-0.1, -0.05) is 32.8 Å². The van der Waals surface area contributed by atoms with Crippen molar-refractivity contribution in [3.8, 4) is 0 Å². The number of likely N-dealkylation sites (N-methyl/N-ethyl adjacent to an activating group) is 5. The molecule has 4 atom stereocenters.